The summed E-state index contributed by atoms with van der Waals surface area (Å²) in [4.78, 5) is 32.8. The second kappa shape index (κ2) is 6.48. The van der Waals surface area contributed by atoms with Crippen LogP contribution in [0.15, 0.2) is 18.2 Å². The first-order chi connectivity index (χ1) is 8.90. The number of aryl methyl sites for hydroxylation is 1. The minimum absolute atomic E-state index is 0.0222. The molecule has 0 aliphatic rings. The standard InChI is InChI=1S/C12H13FN2O4/c1-7-3-2-4-8(13)11(7)15-12(19)14-9(16)5-6-10(17)18/h2-4H,5-6H2,1H3,(H,17,18)(H2,14,15,16,19). The summed E-state index contributed by atoms with van der Waals surface area (Å²) in [6, 6.07) is 3.37. The summed E-state index contributed by atoms with van der Waals surface area (Å²) in [7, 11) is 0. The quantitative estimate of drug-likeness (QED) is 0.773. The number of anilines is 1. The number of hydrogen-bond acceptors (Lipinski definition) is 3. The molecular weight excluding hydrogens is 255 g/mol. The van der Waals surface area contributed by atoms with Crippen LogP contribution in [0.1, 0.15) is 18.4 Å². The maximum absolute atomic E-state index is 13.4. The van der Waals surface area contributed by atoms with E-state index >= 15 is 0 Å². The number of amides is 3. The van der Waals surface area contributed by atoms with E-state index in [9.17, 15) is 18.8 Å². The van der Waals surface area contributed by atoms with Gasteiger partial charge in [0.15, 0.2) is 0 Å². The molecule has 3 N–H and O–H groups in total. The smallest absolute Gasteiger partial charge is 0.325 e. The van der Waals surface area contributed by atoms with Crippen molar-refractivity contribution in [2.75, 3.05) is 5.32 Å². The third kappa shape index (κ3) is 4.74. The molecule has 0 atom stereocenters. The molecule has 0 radical (unpaired) electrons. The number of para-hydroxylation sites is 1. The van der Waals surface area contributed by atoms with Crippen molar-refractivity contribution >= 4 is 23.6 Å². The van der Waals surface area contributed by atoms with E-state index in [2.05, 4.69) is 5.32 Å². The predicted octanol–water partition coefficient (Wildman–Crippen LogP) is 1.65. The summed E-state index contributed by atoms with van der Waals surface area (Å²) in [6.45, 7) is 1.60. The van der Waals surface area contributed by atoms with Crippen molar-refractivity contribution in [3.05, 3.63) is 29.6 Å². The second-order valence-electron chi connectivity index (χ2n) is 3.83. The van der Waals surface area contributed by atoms with E-state index < -0.39 is 23.7 Å². The first-order valence-corrected chi connectivity index (χ1v) is 5.48. The fourth-order valence-corrected chi connectivity index (χ4v) is 1.34. The molecule has 0 saturated carbocycles. The lowest BCUT2D eigenvalue weighted by molar-refractivity contribution is -0.138. The van der Waals surface area contributed by atoms with E-state index in [1.54, 1.807) is 13.0 Å². The number of carbonyl (C=O) groups excluding carboxylic acids is 2. The lowest BCUT2D eigenvalue weighted by Gasteiger charge is -2.09. The summed E-state index contributed by atoms with van der Waals surface area (Å²) in [5.74, 6) is -2.50. The zero-order chi connectivity index (χ0) is 14.4. The van der Waals surface area contributed by atoms with Crippen LogP contribution in [0, 0.1) is 12.7 Å². The van der Waals surface area contributed by atoms with Gasteiger partial charge >= 0.3 is 12.0 Å². The van der Waals surface area contributed by atoms with Gasteiger partial charge in [-0.2, -0.15) is 0 Å². The first kappa shape index (κ1) is 14.6. The van der Waals surface area contributed by atoms with Gasteiger partial charge in [0, 0.05) is 6.42 Å². The minimum atomic E-state index is -1.14. The Kier molecular flexibility index (Phi) is 4.99. The molecule has 0 saturated heterocycles. The molecule has 0 fully saturated rings. The summed E-state index contributed by atoms with van der Waals surface area (Å²) < 4.78 is 13.4. The molecule has 1 aromatic carbocycles. The molecule has 0 aliphatic carbocycles. The molecule has 0 unspecified atom stereocenters. The van der Waals surface area contributed by atoms with Crippen LogP contribution >= 0.6 is 0 Å². The number of halogens is 1. The number of hydrogen-bond donors (Lipinski definition) is 3. The van der Waals surface area contributed by atoms with Gasteiger partial charge in [-0.3, -0.25) is 14.9 Å². The Morgan fingerprint density at radius 3 is 2.53 bits per heavy atom. The zero-order valence-corrected chi connectivity index (χ0v) is 10.2. The normalized spacial score (nSPS) is 9.79. The average Bonchev–Trinajstić information content (AvgIpc) is 2.31. The van der Waals surface area contributed by atoms with E-state index in [0.29, 0.717) is 5.56 Å². The topological polar surface area (TPSA) is 95.5 Å². The Bertz CT molecular complexity index is 496. The Balaban J connectivity index is 2.56. The van der Waals surface area contributed by atoms with E-state index in [0.717, 1.165) is 0 Å². The zero-order valence-electron chi connectivity index (χ0n) is 10.2. The number of carbonyl (C=O) groups is 3. The third-order valence-corrected chi connectivity index (χ3v) is 2.28. The van der Waals surface area contributed by atoms with Crippen LogP contribution in [-0.2, 0) is 9.59 Å². The maximum Gasteiger partial charge on any atom is 0.325 e. The lowest BCUT2D eigenvalue weighted by atomic mass is 10.2. The Morgan fingerprint density at radius 2 is 1.95 bits per heavy atom. The molecule has 0 aromatic heterocycles. The molecule has 0 heterocycles. The van der Waals surface area contributed by atoms with Gasteiger partial charge in [-0.15, -0.1) is 0 Å². The number of carboxylic acid groups (broad SMARTS) is 1. The largest absolute Gasteiger partial charge is 0.481 e. The van der Waals surface area contributed by atoms with E-state index in [1.807, 2.05) is 5.32 Å². The highest BCUT2D eigenvalue weighted by Gasteiger charge is 2.12. The number of benzene rings is 1. The van der Waals surface area contributed by atoms with Gasteiger partial charge in [0.05, 0.1) is 12.1 Å². The number of nitrogens with one attached hydrogen (secondary N) is 2. The Hall–Kier alpha value is -2.44. The van der Waals surface area contributed by atoms with E-state index in [1.165, 1.54) is 12.1 Å². The van der Waals surface area contributed by atoms with Crippen molar-refractivity contribution in [2.24, 2.45) is 0 Å². The molecule has 102 valence electrons. The first-order valence-electron chi connectivity index (χ1n) is 5.48. The fourth-order valence-electron chi connectivity index (χ4n) is 1.34. The van der Waals surface area contributed by atoms with Crippen molar-refractivity contribution in [1.82, 2.24) is 5.32 Å². The highest BCUT2D eigenvalue weighted by Crippen LogP contribution is 2.18. The van der Waals surface area contributed by atoms with Crippen LogP contribution in [0.3, 0.4) is 0 Å². The SMILES string of the molecule is Cc1cccc(F)c1NC(=O)NC(=O)CCC(=O)O. The van der Waals surface area contributed by atoms with Gasteiger partial charge in [-0.05, 0) is 18.6 Å². The minimum Gasteiger partial charge on any atom is -0.481 e. The maximum atomic E-state index is 13.4. The van der Waals surface area contributed by atoms with Gasteiger partial charge in [-0.25, -0.2) is 9.18 Å². The number of rotatable bonds is 4. The van der Waals surface area contributed by atoms with Crippen LogP contribution < -0.4 is 10.6 Å². The molecular formula is C12H13FN2O4. The summed E-state index contributed by atoms with van der Waals surface area (Å²) >= 11 is 0. The van der Waals surface area contributed by atoms with Gasteiger partial charge in [0.25, 0.3) is 0 Å². The second-order valence-corrected chi connectivity index (χ2v) is 3.83. The van der Waals surface area contributed by atoms with Crippen molar-refractivity contribution in [3.8, 4) is 0 Å². The lowest BCUT2D eigenvalue weighted by Crippen LogP contribution is -2.34. The van der Waals surface area contributed by atoms with Crippen LogP contribution in [-0.4, -0.2) is 23.0 Å². The summed E-state index contributed by atoms with van der Waals surface area (Å²) in [5, 5.41) is 12.5. The van der Waals surface area contributed by atoms with Gasteiger partial charge < -0.3 is 10.4 Å². The average molecular weight is 268 g/mol. The van der Waals surface area contributed by atoms with Crippen molar-refractivity contribution in [1.29, 1.82) is 0 Å². The van der Waals surface area contributed by atoms with Crippen LogP contribution in [0.2, 0.25) is 0 Å². The fraction of sp³-hybridized carbons (Fsp3) is 0.250. The molecule has 7 heteroatoms. The number of urea groups is 1. The number of carboxylic acids is 1. The molecule has 3 amide bonds. The van der Waals surface area contributed by atoms with Crippen LogP contribution in [0.4, 0.5) is 14.9 Å². The van der Waals surface area contributed by atoms with E-state index in [-0.39, 0.29) is 18.5 Å². The van der Waals surface area contributed by atoms with Crippen molar-refractivity contribution in [2.45, 2.75) is 19.8 Å². The Morgan fingerprint density at radius 1 is 1.26 bits per heavy atom. The van der Waals surface area contributed by atoms with Crippen LogP contribution in [0.5, 0.6) is 0 Å². The molecule has 0 spiro atoms. The van der Waals surface area contributed by atoms with Crippen molar-refractivity contribution in [3.63, 3.8) is 0 Å². The summed E-state index contributed by atoms with van der Waals surface area (Å²) in [6.07, 6.45) is -0.698. The molecule has 0 bridgehead atoms. The highest BCUT2D eigenvalue weighted by molar-refractivity contribution is 6.02. The molecule has 0 aliphatic heterocycles. The molecule has 6 nitrogen and oxygen atoms in total. The predicted molar refractivity (Wildman–Crippen MR) is 65.2 cm³/mol. The van der Waals surface area contributed by atoms with Gasteiger partial charge in [0.2, 0.25) is 5.91 Å². The van der Waals surface area contributed by atoms with E-state index in [4.69, 9.17) is 5.11 Å². The van der Waals surface area contributed by atoms with Crippen molar-refractivity contribution < 1.29 is 23.9 Å². The third-order valence-electron chi connectivity index (χ3n) is 2.28. The van der Waals surface area contributed by atoms with Gasteiger partial charge in [0.1, 0.15) is 5.82 Å². The molecule has 1 aromatic rings. The highest BCUT2D eigenvalue weighted by atomic mass is 19.1. The number of aliphatic carboxylic acids is 1. The molecule has 19 heavy (non-hydrogen) atoms. The molecule has 1 rings (SSSR count). The monoisotopic (exact) mass is 268 g/mol. The van der Waals surface area contributed by atoms with Gasteiger partial charge in [-0.1, -0.05) is 12.1 Å². The van der Waals surface area contributed by atoms with Crippen LogP contribution in [0.25, 0.3) is 0 Å². The number of imide groups is 1. The summed E-state index contributed by atoms with van der Waals surface area (Å²) in [5.41, 5.74) is 0.485. The Labute approximate surface area is 108 Å².